The first-order chi connectivity index (χ1) is 9.65. The minimum atomic E-state index is -0.213. The molecule has 0 aliphatic carbocycles. The van der Waals surface area contributed by atoms with Crippen molar-refractivity contribution < 1.29 is 14.3 Å². The molecule has 3 heterocycles. The highest BCUT2D eigenvalue weighted by Gasteiger charge is 2.43. The van der Waals surface area contributed by atoms with E-state index in [2.05, 4.69) is 4.90 Å². The van der Waals surface area contributed by atoms with Gasteiger partial charge in [0.2, 0.25) is 0 Å². The van der Waals surface area contributed by atoms with Crippen LogP contribution in [0.4, 0.5) is 0 Å². The number of carbonyl (C=O) groups excluding carboxylic acids is 1. The molecule has 3 atom stereocenters. The number of carbonyl (C=O) groups is 1. The van der Waals surface area contributed by atoms with Crippen LogP contribution in [0, 0.1) is 5.92 Å². The molecular formula is C15H26N2O3. The number of likely N-dealkylation sites (tertiary alicyclic amines) is 1. The molecule has 114 valence electrons. The number of amides is 1. The van der Waals surface area contributed by atoms with Gasteiger partial charge in [0.15, 0.2) is 0 Å². The summed E-state index contributed by atoms with van der Waals surface area (Å²) in [4.78, 5) is 16.3. The number of hydrogen-bond acceptors (Lipinski definition) is 4. The highest BCUT2D eigenvalue weighted by atomic mass is 16.5. The lowest BCUT2D eigenvalue weighted by Gasteiger charge is -2.40. The van der Waals surface area contributed by atoms with E-state index in [9.17, 15) is 4.79 Å². The van der Waals surface area contributed by atoms with E-state index in [1.165, 1.54) is 6.42 Å². The summed E-state index contributed by atoms with van der Waals surface area (Å²) in [5, 5.41) is 0. The number of rotatable bonds is 2. The van der Waals surface area contributed by atoms with Gasteiger partial charge in [0.25, 0.3) is 5.91 Å². The Labute approximate surface area is 121 Å². The maximum absolute atomic E-state index is 12.0. The van der Waals surface area contributed by atoms with Gasteiger partial charge in [0.05, 0.1) is 6.10 Å². The summed E-state index contributed by atoms with van der Waals surface area (Å²) < 4.78 is 11.5. The van der Waals surface area contributed by atoms with Crippen molar-refractivity contribution in [2.75, 3.05) is 40.4 Å². The molecule has 3 aliphatic rings. The van der Waals surface area contributed by atoms with Gasteiger partial charge < -0.3 is 14.4 Å². The van der Waals surface area contributed by atoms with Gasteiger partial charge in [-0.15, -0.1) is 0 Å². The Kier molecular flexibility index (Phi) is 4.29. The minimum absolute atomic E-state index is 0.122. The number of fused-ring (bicyclic) bond motifs is 1. The highest BCUT2D eigenvalue weighted by Crippen LogP contribution is 2.35. The quantitative estimate of drug-likeness (QED) is 0.749. The Hall–Kier alpha value is -0.650. The van der Waals surface area contributed by atoms with E-state index >= 15 is 0 Å². The SMILES string of the molecule is CN(C)C(=O)[C@@H]1C[C@@H]2CCN(C3CCOCC3)C[C@@H]2O1. The van der Waals surface area contributed by atoms with Crippen LogP contribution in [0.25, 0.3) is 0 Å². The van der Waals surface area contributed by atoms with E-state index in [0.717, 1.165) is 45.6 Å². The largest absolute Gasteiger partial charge is 0.381 e. The summed E-state index contributed by atoms with van der Waals surface area (Å²) in [6, 6.07) is 0.650. The van der Waals surface area contributed by atoms with Gasteiger partial charge in [0.1, 0.15) is 6.10 Å². The van der Waals surface area contributed by atoms with Crippen LogP contribution < -0.4 is 0 Å². The monoisotopic (exact) mass is 282 g/mol. The number of likely N-dealkylation sites (N-methyl/N-ethyl adjacent to an activating group) is 1. The van der Waals surface area contributed by atoms with E-state index in [0.29, 0.717) is 12.0 Å². The molecule has 0 N–H and O–H groups in total. The summed E-state index contributed by atoms with van der Waals surface area (Å²) >= 11 is 0. The summed E-state index contributed by atoms with van der Waals surface area (Å²) in [6.07, 6.45) is 4.38. The summed E-state index contributed by atoms with van der Waals surface area (Å²) in [5.74, 6) is 0.692. The fourth-order valence-corrected chi connectivity index (χ4v) is 3.78. The Morgan fingerprint density at radius 3 is 2.65 bits per heavy atom. The molecule has 1 amide bonds. The van der Waals surface area contributed by atoms with Crippen LogP contribution in [-0.2, 0) is 14.3 Å². The van der Waals surface area contributed by atoms with Crippen LogP contribution >= 0.6 is 0 Å². The van der Waals surface area contributed by atoms with E-state index in [-0.39, 0.29) is 18.1 Å². The maximum atomic E-state index is 12.0. The molecule has 20 heavy (non-hydrogen) atoms. The van der Waals surface area contributed by atoms with Gasteiger partial charge in [0, 0.05) is 39.9 Å². The highest BCUT2D eigenvalue weighted by molar-refractivity contribution is 5.80. The molecule has 5 heteroatoms. The Morgan fingerprint density at radius 2 is 1.95 bits per heavy atom. The van der Waals surface area contributed by atoms with Crippen molar-refractivity contribution in [2.24, 2.45) is 5.92 Å². The third kappa shape index (κ3) is 2.85. The second-order valence-corrected chi connectivity index (χ2v) is 6.52. The molecule has 5 nitrogen and oxygen atoms in total. The molecule has 3 fully saturated rings. The zero-order valence-electron chi connectivity index (χ0n) is 12.6. The lowest BCUT2D eigenvalue weighted by atomic mass is 9.90. The van der Waals surface area contributed by atoms with Gasteiger partial charge >= 0.3 is 0 Å². The van der Waals surface area contributed by atoms with Crippen LogP contribution in [0.3, 0.4) is 0 Å². The molecule has 0 aromatic carbocycles. The zero-order chi connectivity index (χ0) is 14.1. The molecule has 3 aliphatic heterocycles. The lowest BCUT2D eigenvalue weighted by Crippen LogP contribution is -2.49. The topological polar surface area (TPSA) is 42.0 Å². The van der Waals surface area contributed by atoms with Crippen LogP contribution in [0.2, 0.25) is 0 Å². The lowest BCUT2D eigenvalue weighted by molar-refractivity contribution is -0.141. The first kappa shape index (κ1) is 14.3. The average molecular weight is 282 g/mol. The molecule has 3 saturated heterocycles. The summed E-state index contributed by atoms with van der Waals surface area (Å²) in [7, 11) is 3.62. The van der Waals surface area contributed by atoms with Gasteiger partial charge in [-0.2, -0.15) is 0 Å². The van der Waals surface area contributed by atoms with E-state index in [1.807, 2.05) is 14.1 Å². The van der Waals surface area contributed by atoms with Gasteiger partial charge in [-0.3, -0.25) is 9.69 Å². The molecular weight excluding hydrogens is 256 g/mol. The minimum Gasteiger partial charge on any atom is -0.381 e. The third-order valence-electron chi connectivity index (χ3n) is 5.01. The van der Waals surface area contributed by atoms with Crippen LogP contribution in [0.1, 0.15) is 25.7 Å². The van der Waals surface area contributed by atoms with Gasteiger partial charge in [-0.05, 0) is 38.1 Å². The van der Waals surface area contributed by atoms with E-state index in [4.69, 9.17) is 9.47 Å². The predicted octanol–water partition coefficient (Wildman–Crippen LogP) is 0.733. The van der Waals surface area contributed by atoms with Crippen molar-refractivity contribution in [3.8, 4) is 0 Å². The van der Waals surface area contributed by atoms with Crippen LogP contribution in [0.15, 0.2) is 0 Å². The molecule has 3 rings (SSSR count). The maximum Gasteiger partial charge on any atom is 0.251 e. The number of nitrogens with zero attached hydrogens (tertiary/aromatic N) is 2. The molecule has 0 bridgehead atoms. The normalized spacial score (nSPS) is 35.8. The first-order valence-electron chi connectivity index (χ1n) is 7.83. The molecule has 0 unspecified atom stereocenters. The second kappa shape index (κ2) is 6.00. The van der Waals surface area contributed by atoms with Crippen molar-refractivity contribution in [2.45, 2.75) is 43.9 Å². The van der Waals surface area contributed by atoms with Crippen molar-refractivity contribution in [3.63, 3.8) is 0 Å². The zero-order valence-corrected chi connectivity index (χ0v) is 12.6. The first-order valence-corrected chi connectivity index (χ1v) is 7.83. The fourth-order valence-electron chi connectivity index (χ4n) is 3.78. The summed E-state index contributed by atoms with van der Waals surface area (Å²) in [5.41, 5.74) is 0. The molecule has 0 radical (unpaired) electrons. The molecule has 0 aromatic rings. The van der Waals surface area contributed by atoms with Crippen molar-refractivity contribution in [1.29, 1.82) is 0 Å². The van der Waals surface area contributed by atoms with Gasteiger partial charge in [-0.1, -0.05) is 0 Å². The van der Waals surface area contributed by atoms with Crippen LogP contribution in [0.5, 0.6) is 0 Å². The van der Waals surface area contributed by atoms with E-state index < -0.39 is 0 Å². The Balaban J connectivity index is 1.57. The molecule has 0 spiro atoms. The predicted molar refractivity (Wildman–Crippen MR) is 75.5 cm³/mol. The van der Waals surface area contributed by atoms with Crippen molar-refractivity contribution >= 4 is 5.91 Å². The van der Waals surface area contributed by atoms with Gasteiger partial charge in [-0.25, -0.2) is 0 Å². The number of piperidine rings is 1. The summed E-state index contributed by atoms with van der Waals surface area (Å²) in [6.45, 7) is 3.92. The average Bonchev–Trinajstić information content (AvgIpc) is 2.90. The van der Waals surface area contributed by atoms with Crippen molar-refractivity contribution in [3.05, 3.63) is 0 Å². The standard InChI is InChI=1S/C15H26N2O3/c1-16(2)15(18)13-9-11-3-6-17(10-14(11)20-13)12-4-7-19-8-5-12/h11-14H,3-10H2,1-2H3/t11-,13-,14-/m0/s1. The number of hydrogen-bond donors (Lipinski definition) is 0. The smallest absolute Gasteiger partial charge is 0.251 e. The Morgan fingerprint density at radius 1 is 1.20 bits per heavy atom. The third-order valence-corrected chi connectivity index (χ3v) is 5.01. The molecule has 0 aromatic heterocycles. The van der Waals surface area contributed by atoms with Crippen LogP contribution in [-0.4, -0.2) is 74.4 Å². The second-order valence-electron chi connectivity index (χ2n) is 6.52. The van der Waals surface area contributed by atoms with E-state index in [1.54, 1.807) is 4.90 Å². The fraction of sp³-hybridized carbons (Fsp3) is 0.933. The number of ether oxygens (including phenoxy) is 2. The van der Waals surface area contributed by atoms with Crippen molar-refractivity contribution in [1.82, 2.24) is 9.80 Å². The molecule has 0 saturated carbocycles. The Bertz CT molecular complexity index is 355.